The SMILES string of the molecule is CCc1cccc(CNC[C@H](O)[C@H](Cc2cc(F)cc(F)c2)NC(=O)c2c[nH]c3cc(Cl)ccc3c2=O)c1. The van der Waals surface area contributed by atoms with Crippen molar-refractivity contribution in [2.75, 3.05) is 6.54 Å². The predicted octanol–water partition coefficient (Wildman–Crippen LogP) is 4.51. The van der Waals surface area contributed by atoms with Crippen LogP contribution >= 0.6 is 11.6 Å². The second kappa shape index (κ2) is 12.3. The quantitative estimate of drug-likeness (QED) is 0.238. The summed E-state index contributed by atoms with van der Waals surface area (Å²) in [6.07, 6.45) is 0.990. The number of rotatable bonds is 10. The number of nitrogens with one attached hydrogen (secondary N) is 3. The van der Waals surface area contributed by atoms with E-state index in [4.69, 9.17) is 11.6 Å². The van der Waals surface area contributed by atoms with Crippen molar-refractivity contribution in [3.63, 3.8) is 0 Å². The Morgan fingerprint density at radius 3 is 2.50 bits per heavy atom. The fourth-order valence-corrected chi connectivity index (χ4v) is 4.51. The van der Waals surface area contributed by atoms with E-state index in [-0.39, 0.29) is 29.5 Å². The summed E-state index contributed by atoms with van der Waals surface area (Å²) in [5.74, 6) is -2.25. The molecule has 6 nitrogen and oxygen atoms in total. The fraction of sp³-hybridized carbons (Fsp3) is 0.241. The van der Waals surface area contributed by atoms with Gasteiger partial charge in [-0.05, 0) is 59.9 Å². The van der Waals surface area contributed by atoms with E-state index in [2.05, 4.69) is 28.6 Å². The van der Waals surface area contributed by atoms with Crippen LogP contribution in [0.3, 0.4) is 0 Å². The molecule has 4 rings (SSSR count). The van der Waals surface area contributed by atoms with Crippen molar-refractivity contribution in [2.45, 2.75) is 38.5 Å². The zero-order valence-corrected chi connectivity index (χ0v) is 21.5. The first-order valence-corrected chi connectivity index (χ1v) is 12.6. The molecule has 198 valence electrons. The number of H-pyrrole nitrogens is 1. The zero-order valence-electron chi connectivity index (χ0n) is 20.7. The molecule has 0 aliphatic heterocycles. The van der Waals surface area contributed by atoms with E-state index in [0.717, 1.165) is 30.2 Å². The van der Waals surface area contributed by atoms with Crippen LogP contribution in [-0.2, 0) is 19.4 Å². The standard InChI is InChI=1S/C29H28ClF2N3O3/c1-2-17-4-3-5-18(8-17)14-33-16-27(36)26(11-19-9-21(31)13-22(32)10-19)35-29(38)24-15-34-25-12-20(30)6-7-23(25)28(24)37/h3-10,12-13,15,26-27,33,36H,2,11,14,16H2,1H3,(H,34,37)(H,35,38)/t26-,27-/m0/s1. The second-order valence-corrected chi connectivity index (χ2v) is 9.59. The van der Waals surface area contributed by atoms with Gasteiger partial charge in [-0.3, -0.25) is 9.59 Å². The van der Waals surface area contributed by atoms with Gasteiger partial charge in [-0.2, -0.15) is 0 Å². The van der Waals surface area contributed by atoms with Crippen LogP contribution in [0.4, 0.5) is 8.78 Å². The molecular weight excluding hydrogens is 512 g/mol. The first-order valence-electron chi connectivity index (χ1n) is 12.3. The normalized spacial score (nSPS) is 12.9. The molecule has 0 saturated carbocycles. The maximum atomic E-state index is 13.8. The lowest BCUT2D eigenvalue weighted by Gasteiger charge is -2.25. The number of carbonyl (C=O) groups is 1. The number of benzene rings is 3. The maximum absolute atomic E-state index is 13.8. The number of halogens is 3. The number of fused-ring (bicyclic) bond motifs is 1. The molecule has 4 N–H and O–H groups in total. The molecule has 0 radical (unpaired) electrons. The molecule has 0 aliphatic rings. The highest BCUT2D eigenvalue weighted by molar-refractivity contribution is 6.31. The van der Waals surface area contributed by atoms with Crippen molar-refractivity contribution in [3.8, 4) is 0 Å². The lowest BCUT2D eigenvalue weighted by Crippen LogP contribution is -2.49. The van der Waals surface area contributed by atoms with E-state index in [9.17, 15) is 23.5 Å². The van der Waals surface area contributed by atoms with E-state index in [1.165, 1.54) is 17.8 Å². The summed E-state index contributed by atoms with van der Waals surface area (Å²) in [4.78, 5) is 29.0. The van der Waals surface area contributed by atoms with E-state index in [1.807, 2.05) is 18.2 Å². The highest BCUT2D eigenvalue weighted by atomic mass is 35.5. The van der Waals surface area contributed by atoms with Crippen molar-refractivity contribution < 1.29 is 18.7 Å². The van der Waals surface area contributed by atoms with E-state index in [0.29, 0.717) is 17.1 Å². The van der Waals surface area contributed by atoms with Gasteiger partial charge in [0.1, 0.15) is 17.2 Å². The van der Waals surface area contributed by atoms with Crippen LogP contribution in [0.25, 0.3) is 10.9 Å². The van der Waals surface area contributed by atoms with Gasteiger partial charge < -0.3 is 20.7 Å². The number of amides is 1. The molecule has 1 amide bonds. The van der Waals surface area contributed by atoms with Gasteiger partial charge in [-0.15, -0.1) is 0 Å². The number of aromatic nitrogens is 1. The minimum atomic E-state index is -1.13. The Hall–Kier alpha value is -3.59. The van der Waals surface area contributed by atoms with Crippen LogP contribution in [0.15, 0.2) is 71.7 Å². The molecule has 4 aromatic rings. The highest BCUT2D eigenvalue weighted by Crippen LogP contribution is 2.16. The van der Waals surface area contributed by atoms with Gasteiger partial charge in [-0.1, -0.05) is 42.8 Å². The van der Waals surface area contributed by atoms with Gasteiger partial charge in [-0.25, -0.2) is 8.78 Å². The minimum absolute atomic E-state index is 0.0598. The Morgan fingerprint density at radius 1 is 1.03 bits per heavy atom. The number of hydrogen-bond acceptors (Lipinski definition) is 4. The smallest absolute Gasteiger partial charge is 0.257 e. The van der Waals surface area contributed by atoms with Crippen LogP contribution in [0.2, 0.25) is 5.02 Å². The van der Waals surface area contributed by atoms with Gasteiger partial charge in [0.05, 0.1) is 17.7 Å². The van der Waals surface area contributed by atoms with Crippen molar-refractivity contribution in [1.29, 1.82) is 0 Å². The first-order chi connectivity index (χ1) is 18.2. The molecule has 0 unspecified atom stereocenters. The Balaban J connectivity index is 1.53. The third-order valence-electron chi connectivity index (χ3n) is 6.33. The second-order valence-electron chi connectivity index (χ2n) is 9.15. The average molecular weight is 540 g/mol. The number of pyridine rings is 1. The van der Waals surface area contributed by atoms with Crippen molar-refractivity contribution in [3.05, 3.63) is 116 Å². The van der Waals surface area contributed by atoms with E-state index >= 15 is 0 Å². The third-order valence-corrected chi connectivity index (χ3v) is 6.56. The molecule has 38 heavy (non-hydrogen) atoms. The molecule has 1 heterocycles. The summed E-state index contributed by atoms with van der Waals surface area (Å²) in [7, 11) is 0. The predicted molar refractivity (Wildman–Crippen MR) is 144 cm³/mol. The van der Waals surface area contributed by atoms with Crippen molar-refractivity contribution in [2.24, 2.45) is 0 Å². The number of aliphatic hydroxyl groups excluding tert-OH is 1. The number of hydrogen-bond donors (Lipinski definition) is 4. The molecule has 0 spiro atoms. The van der Waals surface area contributed by atoms with Gasteiger partial charge in [0.15, 0.2) is 0 Å². The monoisotopic (exact) mass is 539 g/mol. The largest absolute Gasteiger partial charge is 0.390 e. The number of carbonyl (C=O) groups excluding carboxylic acids is 1. The van der Waals surface area contributed by atoms with E-state index < -0.39 is 35.1 Å². The van der Waals surface area contributed by atoms with Crippen LogP contribution in [0.5, 0.6) is 0 Å². The molecule has 0 aliphatic carbocycles. The Morgan fingerprint density at radius 2 is 1.76 bits per heavy atom. The minimum Gasteiger partial charge on any atom is -0.390 e. The first kappa shape index (κ1) is 27.4. The van der Waals surface area contributed by atoms with Gasteiger partial charge in [0.25, 0.3) is 5.91 Å². The third kappa shape index (κ3) is 6.83. The summed E-state index contributed by atoms with van der Waals surface area (Å²) in [5.41, 5.74) is 2.28. The molecule has 3 aromatic carbocycles. The summed E-state index contributed by atoms with van der Waals surface area (Å²) in [6.45, 7) is 2.63. The lowest BCUT2D eigenvalue weighted by atomic mass is 10.00. The van der Waals surface area contributed by atoms with Crippen LogP contribution in [0, 0.1) is 11.6 Å². The molecule has 0 fully saturated rings. The summed E-state index contributed by atoms with van der Waals surface area (Å²) in [6, 6.07) is 14.8. The lowest BCUT2D eigenvalue weighted by molar-refractivity contribution is 0.0828. The zero-order chi connectivity index (χ0) is 27.2. The van der Waals surface area contributed by atoms with E-state index in [1.54, 1.807) is 12.1 Å². The van der Waals surface area contributed by atoms with Gasteiger partial charge in [0, 0.05) is 35.8 Å². The molecule has 0 bridgehead atoms. The fourth-order valence-electron chi connectivity index (χ4n) is 4.34. The summed E-state index contributed by atoms with van der Waals surface area (Å²) >= 11 is 5.98. The van der Waals surface area contributed by atoms with Gasteiger partial charge >= 0.3 is 0 Å². The summed E-state index contributed by atoms with van der Waals surface area (Å²) < 4.78 is 27.7. The molecule has 0 saturated heterocycles. The number of aryl methyl sites for hydroxylation is 1. The molecule has 1 aromatic heterocycles. The molecule has 2 atom stereocenters. The number of aromatic amines is 1. The number of aliphatic hydroxyl groups is 1. The van der Waals surface area contributed by atoms with Crippen LogP contribution in [-0.4, -0.2) is 34.7 Å². The Kier molecular flexibility index (Phi) is 8.89. The van der Waals surface area contributed by atoms with Crippen LogP contribution < -0.4 is 16.1 Å². The van der Waals surface area contributed by atoms with Gasteiger partial charge in [0.2, 0.25) is 5.43 Å². The summed E-state index contributed by atoms with van der Waals surface area (Å²) in [5, 5.41) is 17.6. The maximum Gasteiger partial charge on any atom is 0.257 e. The van der Waals surface area contributed by atoms with Crippen molar-refractivity contribution >= 4 is 28.4 Å². The topological polar surface area (TPSA) is 94.2 Å². The molecular formula is C29H28ClF2N3O3. The van der Waals surface area contributed by atoms with Crippen molar-refractivity contribution in [1.82, 2.24) is 15.6 Å². The average Bonchev–Trinajstić information content (AvgIpc) is 2.87. The van der Waals surface area contributed by atoms with Crippen LogP contribution in [0.1, 0.15) is 34.0 Å². The highest BCUT2D eigenvalue weighted by Gasteiger charge is 2.24. The molecule has 9 heteroatoms. The Labute approximate surface area is 223 Å². The Bertz CT molecular complexity index is 1490.